The van der Waals surface area contributed by atoms with Crippen LogP contribution in [0.4, 0.5) is 5.69 Å². The van der Waals surface area contributed by atoms with Gasteiger partial charge in [-0.05, 0) is 26.0 Å². The molecule has 0 bridgehead atoms. The average molecular weight is 250 g/mol. The number of para-hydroxylation sites is 1. The van der Waals surface area contributed by atoms with Crippen molar-refractivity contribution in [2.24, 2.45) is 0 Å². The first-order valence-electron chi connectivity index (χ1n) is 6.14. The molecule has 0 aliphatic heterocycles. The molecule has 0 aliphatic carbocycles. The Balaban J connectivity index is 2.46. The third kappa shape index (κ3) is 4.04. The van der Waals surface area contributed by atoms with Gasteiger partial charge in [0.2, 0.25) is 5.91 Å². The van der Waals surface area contributed by atoms with Crippen LogP contribution in [0.5, 0.6) is 0 Å². The standard InChI is InChI=1S/C14H22N2O2/c1-11(10-15-14(17)12(2)18-4)16(3)13-8-6-5-7-9-13/h5-9,11-12H,10H2,1-4H3,(H,15,17). The zero-order valence-electron chi connectivity index (χ0n) is 11.5. The Morgan fingerprint density at radius 2 is 1.94 bits per heavy atom. The molecule has 0 heterocycles. The highest BCUT2D eigenvalue weighted by Crippen LogP contribution is 2.13. The summed E-state index contributed by atoms with van der Waals surface area (Å²) in [5.41, 5.74) is 1.14. The molecule has 2 atom stereocenters. The predicted octanol–water partition coefficient (Wildman–Crippen LogP) is 1.66. The number of carbonyl (C=O) groups is 1. The van der Waals surface area contributed by atoms with Crippen molar-refractivity contribution < 1.29 is 9.53 Å². The van der Waals surface area contributed by atoms with Crippen LogP contribution in [0.2, 0.25) is 0 Å². The van der Waals surface area contributed by atoms with E-state index in [2.05, 4.69) is 29.3 Å². The molecule has 1 rings (SSSR count). The lowest BCUT2D eigenvalue weighted by Crippen LogP contribution is -2.43. The lowest BCUT2D eigenvalue weighted by Gasteiger charge is -2.27. The minimum atomic E-state index is -0.403. The van der Waals surface area contributed by atoms with Crippen LogP contribution in [0, 0.1) is 0 Å². The Morgan fingerprint density at radius 3 is 2.50 bits per heavy atom. The van der Waals surface area contributed by atoms with E-state index in [1.54, 1.807) is 6.92 Å². The quantitative estimate of drug-likeness (QED) is 0.835. The predicted molar refractivity (Wildman–Crippen MR) is 73.8 cm³/mol. The van der Waals surface area contributed by atoms with Gasteiger partial charge in [-0.1, -0.05) is 18.2 Å². The van der Waals surface area contributed by atoms with Crippen LogP contribution >= 0.6 is 0 Å². The number of hydrogen-bond donors (Lipinski definition) is 1. The van der Waals surface area contributed by atoms with Crippen LogP contribution in [0.1, 0.15) is 13.8 Å². The zero-order chi connectivity index (χ0) is 13.5. The normalized spacial score (nSPS) is 13.8. The fourth-order valence-corrected chi connectivity index (χ4v) is 1.55. The highest BCUT2D eigenvalue weighted by molar-refractivity contribution is 5.80. The van der Waals surface area contributed by atoms with Gasteiger partial charge in [-0.15, -0.1) is 0 Å². The minimum absolute atomic E-state index is 0.0780. The van der Waals surface area contributed by atoms with Crippen molar-refractivity contribution >= 4 is 11.6 Å². The summed E-state index contributed by atoms with van der Waals surface area (Å²) < 4.78 is 4.96. The second-order valence-electron chi connectivity index (χ2n) is 4.42. The number of hydrogen-bond acceptors (Lipinski definition) is 3. The molecule has 1 aromatic carbocycles. The molecule has 18 heavy (non-hydrogen) atoms. The molecule has 1 aromatic rings. The lowest BCUT2D eigenvalue weighted by molar-refractivity contribution is -0.130. The van der Waals surface area contributed by atoms with Crippen molar-refractivity contribution in [1.29, 1.82) is 0 Å². The summed E-state index contributed by atoms with van der Waals surface area (Å²) in [6.45, 7) is 4.41. The maximum absolute atomic E-state index is 11.6. The number of rotatable bonds is 6. The third-order valence-corrected chi connectivity index (χ3v) is 3.12. The van der Waals surface area contributed by atoms with Gasteiger partial charge in [0.05, 0.1) is 0 Å². The second kappa shape index (κ2) is 7.01. The molecule has 1 amide bonds. The lowest BCUT2D eigenvalue weighted by atomic mass is 10.2. The Kier molecular flexibility index (Phi) is 5.65. The Hall–Kier alpha value is -1.55. The third-order valence-electron chi connectivity index (χ3n) is 3.12. The van der Waals surface area contributed by atoms with Gasteiger partial charge in [-0.25, -0.2) is 0 Å². The first-order chi connectivity index (χ1) is 8.56. The average Bonchev–Trinajstić information content (AvgIpc) is 2.43. The van der Waals surface area contributed by atoms with Gasteiger partial charge < -0.3 is 15.0 Å². The molecule has 0 aromatic heterocycles. The fraction of sp³-hybridized carbons (Fsp3) is 0.500. The van der Waals surface area contributed by atoms with E-state index >= 15 is 0 Å². The van der Waals surface area contributed by atoms with Crippen LogP contribution in [-0.4, -0.2) is 38.8 Å². The van der Waals surface area contributed by atoms with Crippen molar-refractivity contribution in [1.82, 2.24) is 5.32 Å². The molecule has 4 nitrogen and oxygen atoms in total. The summed E-state index contributed by atoms with van der Waals surface area (Å²) in [6.07, 6.45) is -0.403. The molecule has 2 unspecified atom stereocenters. The number of anilines is 1. The number of likely N-dealkylation sites (N-methyl/N-ethyl adjacent to an activating group) is 1. The fourth-order valence-electron chi connectivity index (χ4n) is 1.55. The maximum atomic E-state index is 11.6. The number of amides is 1. The summed E-state index contributed by atoms with van der Waals surface area (Å²) in [4.78, 5) is 13.7. The first-order valence-corrected chi connectivity index (χ1v) is 6.14. The molecule has 0 saturated heterocycles. The summed E-state index contributed by atoms with van der Waals surface area (Å²) >= 11 is 0. The zero-order valence-corrected chi connectivity index (χ0v) is 11.5. The summed E-state index contributed by atoms with van der Waals surface area (Å²) in [6, 6.07) is 10.3. The summed E-state index contributed by atoms with van der Waals surface area (Å²) in [5.74, 6) is -0.0780. The number of methoxy groups -OCH3 is 1. The molecule has 0 radical (unpaired) electrons. The van der Waals surface area contributed by atoms with Crippen molar-refractivity contribution in [3.05, 3.63) is 30.3 Å². The van der Waals surface area contributed by atoms with Gasteiger partial charge in [0, 0.05) is 32.4 Å². The van der Waals surface area contributed by atoms with Gasteiger partial charge in [-0.3, -0.25) is 4.79 Å². The van der Waals surface area contributed by atoms with Crippen LogP contribution in [0.3, 0.4) is 0 Å². The minimum Gasteiger partial charge on any atom is -0.372 e. The highest BCUT2D eigenvalue weighted by Gasteiger charge is 2.14. The van der Waals surface area contributed by atoms with Crippen LogP contribution in [0.15, 0.2) is 30.3 Å². The molecule has 100 valence electrons. The molecular weight excluding hydrogens is 228 g/mol. The molecule has 0 spiro atoms. The van der Waals surface area contributed by atoms with Crippen LogP contribution in [-0.2, 0) is 9.53 Å². The molecule has 4 heteroatoms. The maximum Gasteiger partial charge on any atom is 0.248 e. The van der Waals surface area contributed by atoms with Crippen LogP contribution < -0.4 is 10.2 Å². The van der Waals surface area contributed by atoms with E-state index in [1.807, 2.05) is 25.2 Å². The van der Waals surface area contributed by atoms with Crippen molar-refractivity contribution in [2.45, 2.75) is 26.0 Å². The number of benzene rings is 1. The van der Waals surface area contributed by atoms with Crippen LogP contribution in [0.25, 0.3) is 0 Å². The number of ether oxygens (including phenoxy) is 1. The van der Waals surface area contributed by atoms with Crippen molar-refractivity contribution in [2.75, 3.05) is 25.6 Å². The summed E-state index contributed by atoms with van der Waals surface area (Å²) in [5, 5.41) is 2.88. The Bertz CT molecular complexity index is 367. The smallest absolute Gasteiger partial charge is 0.248 e. The van der Waals surface area contributed by atoms with E-state index in [1.165, 1.54) is 7.11 Å². The van der Waals surface area contributed by atoms with Crippen molar-refractivity contribution in [3.63, 3.8) is 0 Å². The molecular formula is C14H22N2O2. The van der Waals surface area contributed by atoms with E-state index in [0.29, 0.717) is 6.54 Å². The largest absolute Gasteiger partial charge is 0.372 e. The van der Waals surface area contributed by atoms with Gasteiger partial charge in [0.25, 0.3) is 0 Å². The number of nitrogens with one attached hydrogen (secondary N) is 1. The van der Waals surface area contributed by atoms with E-state index in [9.17, 15) is 4.79 Å². The highest BCUT2D eigenvalue weighted by atomic mass is 16.5. The SMILES string of the molecule is COC(C)C(=O)NCC(C)N(C)c1ccccc1. The Morgan fingerprint density at radius 1 is 1.33 bits per heavy atom. The Labute approximate surface area is 109 Å². The van der Waals surface area contributed by atoms with Gasteiger partial charge in [-0.2, -0.15) is 0 Å². The molecule has 0 saturated carbocycles. The summed E-state index contributed by atoms with van der Waals surface area (Å²) in [7, 11) is 3.55. The topological polar surface area (TPSA) is 41.6 Å². The van der Waals surface area contributed by atoms with E-state index in [0.717, 1.165) is 5.69 Å². The number of nitrogens with zero attached hydrogens (tertiary/aromatic N) is 1. The molecule has 0 fully saturated rings. The van der Waals surface area contributed by atoms with Gasteiger partial charge >= 0.3 is 0 Å². The van der Waals surface area contributed by atoms with E-state index < -0.39 is 6.10 Å². The monoisotopic (exact) mass is 250 g/mol. The second-order valence-corrected chi connectivity index (χ2v) is 4.42. The van der Waals surface area contributed by atoms with Gasteiger partial charge in [0.1, 0.15) is 6.10 Å². The first kappa shape index (κ1) is 14.5. The van der Waals surface area contributed by atoms with E-state index in [-0.39, 0.29) is 11.9 Å². The molecule has 0 aliphatic rings. The molecule has 1 N–H and O–H groups in total. The number of carbonyl (C=O) groups excluding carboxylic acids is 1. The van der Waals surface area contributed by atoms with E-state index in [4.69, 9.17) is 4.74 Å². The van der Waals surface area contributed by atoms with Gasteiger partial charge in [0.15, 0.2) is 0 Å². The van der Waals surface area contributed by atoms with Crippen molar-refractivity contribution in [3.8, 4) is 0 Å².